The molecule has 0 saturated carbocycles. The molecule has 1 amide bonds. The van der Waals surface area contributed by atoms with Crippen LogP contribution >= 0.6 is 24.8 Å². The van der Waals surface area contributed by atoms with E-state index in [0.717, 1.165) is 44.5 Å². The highest BCUT2D eigenvalue weighted by molar-refractivity contribution is 5.98. The third-order valence-electron chi connectivity index (χ3n) is 4.86. The lowest BCUT2D eigenvalue weighted by Crippen LogP contribution is -2.48. The van der Waals surface area contributed by atoms with Crippen LogP contribution < -0.4 is 11.1 Å². The van der Waals surface area contributed by atoms with Crippen LogP contribution in [-0.2, 0) is 17.8 Å². The first-order chi connectivity index (χ1) is 12.4. The number of halogens is 3. The Labute approximate surface area is 177 Å². The van der Waals surface area contributed by atoms with Crippen molar-refractivity contribution in [3.63, 3.8) is 0 Å². The number of carbonyl (C=O) groups is 1. The summed E-state index contributed by atoms with van der Waals surface area (Å²) in [6.45, 7) is 4.46. The van der Waals surface area contributed by atoms with Crippen LogP contribution in [0.3, 0.4) is 0 Å². The van der Waals surface area contributed by atoms with Crippen LogP contribution in [-0.4, -0.2) is 26.2 Å². The number of anilines is 1. The van der Waals surface area contributed by atoms with Crippen molar-refractivity contribution in [3.05, 3.63) is 29.8 Å². The van der Waals surface area contributed by atoms with E-state index in [0.29, 0.717) is 23.5 Å². The molecule has 3 rings (SSSR count). The van der Waals surface area contributed by atoms with E-state index in [1.807, 2.05) is 11.5 Å². The van der Waals surface area contributed by atoms with Gasteiger partial charge in [-0.2, -0.15) is 0 Å². The van der Waals surface area contributed by atoms with Gasteiger partial charge in [-0.15, -0.1) is 35.0 Å². The number of benzene rings is 1. The molecule has 1 unspecified atom stereocenters. The van der Waals surface area contributed by atoms with Crippen molar-refractivity contribution < 1.29 is 9.18 Å². The van der Waals surface area contributed by atoms with Gasteiger partial charge >= 0.3 is 0 Å². The lowest BCUT2D eigenvalue weighted by molar-refractivity contribution is -0.120. The summed E-state index contributed by atoms with van der Waals surface area (Å²) in [5, 5.41) is 11.2. The summed E-state index contributed by atoms with van der Waals surface area (Å²) in [5.41, 5.74) is 5.96. The molecular formula is C19H28Cl2FN5O. The summed E-state index contributed by atoms with van der Waals surface area (Å²) in [4.78, 5) is 12.4. The van der Waals surface area contributed by atoms with Gasteiger partial charge in [0.1, 0.15) is 11.6 Å². The van der Waals surface area contributed by atoms with Crippen LogP contribution in [0.1, 0.15) is 51.8 Å². The first kappa shape index (κ1) is 24.3. The smallest absolute Gasteiger partial charge is 0.244 e. The molecule has 2 heterocycles. The van der Waals surface area contributed by atoms with Crippen molar-refractivity contribution >= 4 is 36.4 Å². The third-order valence-corrected chi connectivity index (χ3v) is 4.86. The fraction of sp³-hybridized carbons (Fsp3) is 0.526. The van der Waals surface area contributed by atoms with Gasteiger partial charge in [-0.25, -0.2) is 4.39 Å². The van der Waals surface area contributed by atoms with Crippen LogP contribution in [0.25, 0.3) is 11.4 Å². The molecule has 2 aromatic rings. The van der Waals surface area contributed by atoms with Crippen LogP contribution in [0.15, 0.2) is 18.2 Å². The molecule has 1 aliphatic heterocycles. The SMILES string of the molecule is CCCC(C)(N)C(=O)Nc1ccc(F)c(-c2nnc3n2CCCCC3)c1.Cl.Cl. The first-order valence-electron chi connectivity index (χ1n) is 9.24. The number of nitrogens with zero attached hydrogens (tertiary/aromatic N) is 3. The van der Waals surface area contributed by atoms with E-state index in [-0.39, 0.29) is 36.5 Å². The number of aromatic nitrogens is 3. The highest BCUT2D eigenvalue weighted by Gasteiger charge is 2.27. The van der Waals surface area contributed by atoms with E-state index in [9.17, 15) is 9.18 Å². The number of nitrogens with one attached hydrogen (secondary N) is 1. The van der Waals surface area contributed by atoms with Gasteiger partial charge in [0.05, 0.1) is 11.1 Å². The average molecular weight is 432 g/mol. The summed E-state index contributed by atoms with van der Waals surface area (Å²) < 4.78 is 16.5. The van der Waals surface area contributed by atoms with Gasteiger partial charge in [0.15, 0.2) is 5.82 Å². The Morgan fingerprint density at radius 1 is 1.29 bits per heavy atom. The van der Waals surface area contributed by atoms with Crippen molar-refractivity contribution in [2.75, 3.05) is 5.32 Å². The second-order valence-corrected chi connectivity index (χ2v) is 7.22. The van der Waals surface area contributed by atoms with Gasteiger partial charge in [0, 0.05) is 18.7 Å². The molecule has 0 aliphatic carbocycles. The van der Waals surface area contributed by atoms with Crippen LogP contribution in [0.2, 0.25) is 0 Å². The zero-order valence-electron chi connectivity index (χ0n) is 16.2. The fourth-order valence-electron chi connectivity index (χ4n) is 3.37. The molecule has 6 nitrogen and oxygen atoms in total. The van der Waals surface area contributed by atoms with E-state index in [4.69, 9.17) is 5.73 Å². The summed E-state index contributed by atoms with van der Waals surface area (Å²) in [5.74, 6) is 0.742. The minimum atomic E-state index is -0.963. The Balaban J connectivity index is 0.00000196. The number of fused-ring (bicyclic) bond motifs is 1. The van der Waals surface area contributed by atoms with E-state index in [1.54, 1.807) is 19.1 Å². The molecule has 0 bridgehead atoms. The minimum Gasteiger partial charge on any atom is -0.324 e. The van der Waals surface area contributed by atoms with Gasteiger partial charge in [-0.05, 0) is 44.4 Å². The average Bonchev–Trinajstić information content (AvgIpc) is 2.84. The zero-order valence-corrected chi connectivity index (χ0v) is 17.8. The number of amides is 1. The number of aryl methyl sites for hydroxylation is 1. The van der Waals surface area contributed by atoms with Crippen LogP contribution in [0, 0.1) is 5.82 Å². The van der Waals surface area contributed by atoms with E-state index in [1.165, 1.54) is 6.07 Å². The molecule has 0 radical (unpaired) electrons. The molecule has 0 saturated heterocycles. The maximum atomic E-state index is 14.5. The summed E-state index contributed by atoms with van der Waals surface area (Å²) in [6, 6.07) is 4.49. The molecule has 28 heavy (non-hydrogen) atoms. The van der Waals surface area contributed by atoms with Crippen LogP contribution in [0.4, 0.5) is 10.1 Å². The number of hydrogen-bond acceptors (Lipinski definition) is 4. The van der Waals surface area contributed by atoms with Gasteiger partial charge < -0.3 is 15.6 Å². The molecule has 1 aliphatic rings. The largest absolute Gasteiger partial charge is 0.324 e. The quantitative estimate of drug-likeness (QED) is 0.745. The highest BCUT2D eigenvalue weighted by atomic mass is 35.5. The monoisotopic (exact) mass is 431 g/mol. The van der Waals surface area contributed by atoms with E-state index in [2.05, 4.69) is 15.5 Å². The van der Waals surface area contributed by atoms with Crippen molar-refractivity contribution in [2.45, 2.75) is 64.5 Å². The second kappa shape index (κ2) is 10.2. The molecule has 1 aromatic carbocycles. The Hall–Kier alpha value is -1.70. The summed E-state index contributed by atoms with van der Waals surface area (Å²) in [6.07, 6.45) is 5.47. The van der Waals surface area contributed by atoms with Crippen molar-refractivity contribution in [1.29, 1.82) is 0 Å². The maximum absolute atomic E-state index is 14.5. The Bertz CT molecular complexity index is 810. The number of nitrogens with two attached hydrogens (primary N) is 1. The van der Waals surface area contributed by atoms with Crippen molar-refractivity contribution in [1.82, 2.24) is 14.8 Å². The highest BCUT2D eigenvalue weighted by Crippen LogP contribution is 2.28. The topological polar surface area (TPSA) is 85.8 Å². The maximum Gasteiger partial charge on any atom is 0.244 e. The molecule has 1 atom stereocenters. The van der Waals surface area contributed by atoms with E-state index >= 15 is 0 Å². The lowest BCUT2D eigenvalue weighted by Gasteiger charge is -2.23. The second-order valence-electron chi connectivity index (χ2n) is 7.22. The minimum absolute atomic E-state index is 0. The Morgan fingerprint density at radius 3 is 2.75 bits per heavy atom. The Kier molecular flexibility index (Phi) is 8.85. The fourth-order valence-corrected chi connectivity index (χ4v) is 3.37. The zero-order chi connectivity index (χ0) is 18.7. The normalized spacial score (nSPS) is 15.3. The molecule has 156 valence electrons. The standard InChI is InChI=1S/C19H26FN5O.2ClH/c1-3-10-19(2,21)18(26)22-13-8-9-15(20)14(12-13)17-24-23-16-7-5-4-6-11-25(16)17;;/h8-9,12H,3-7,10-11,21H2,1-2H3,(H,22,26);2*1H. The summed E-state index contributed by atoms with van der Waals surface area (Å²) in [7, 11) is 0. The predicted molar refractivity (Wildman–Crippen MR) is 114 cm³/mol. The molecule has 3 N–H and O–H groups in total. The Morgan fingerprint density at radius 2 is 2.04 bits per heavy atom. The van der Waals surface area contributed by atoms with Crippen LogP contribution in [0.5, 0.6) is 0 Å². The summed E-state index contributed by atoms with van der Waals surface area (Å²) >= 11 is 0. The van der Waals surface area contributed by atoms with Crippen molar-refractivity contribution in [2.24, 2.45) is 5.73 Å². The molecule has 0 fully saturated rings. The first-order valence-corrected chi connectivity index (χ1v) is 9.24. The molecule has 1 aromatic heterocycles. The lowest BCUT2D eigenvalue weighted by atomic mass is 9.96. The molecule has 0 spiro atoms. The van der Waals surface area contributed by atoms with Gasteiger partial charge in [-0.3, -0.25) is 4.79 Å². The van der Waals surface area contributed by atoms with Gasteiger partial charge in [-0.1, -0.05) is 19.8 Å². The van der Waals surface area contributed by atoms with Gasteiger partial charge in [0.25, 0.3) is 0 Å². The molecule has 9 heteroatoms. The van der Waals surface area contributed by atoms with Gasteiger partial charge in [0.2, 0.25) is 5.91 Å². The molecular weight excluding hydrogens is 404 g/mol. The number of hydrogen-bond donors (Lipinski definition) is 2. The number of carbonyl (C=O) groups excluding carboxylic acids is 1. The predicted octanol–water partition coefficient (Wildman–Crippen LogP) is 4.11. The van der Waals surface area contributed by atoms with Crippen molar-refractivity contribution in [3.8, 4) is 11.4 Å². The third kappa shape index (κ3) is 5.21. The number of rotatable bonds is 5. The van der Waals surface area contributed by atoms with E-state index < -0.39 is 5.54 Å².